The predicted octanol–water partition coefficient (Wildman–Crippen LogP) is 5.29. The fourth-order valence-electron chi connectivity index (χ4n) is 5.37. The van der Waals surface area contributed by atoms with Gasteiger partial charge in [-0.3, -0.25) is 14.6 Å². The maximum Gasteiger partial charge on any atom is 0.253 e. The molecule has 2 aromatic carbocycles. The molecule has 0 saturated heterocycles. The van der Waals surface area contributed by atoms with Gasteiger partial charge in [-0.1, -0.05) is 59.0 Å². The Kier molecular flexibility index (Phi) is 11.4. The van der Waals surface area contributed by atoms with Gasteiger partial charge in [-0.15, -0.1) is 0 Å². The summed E-state index contributed by atoms with van der Waals surface area (Å²) in [5.41, 5.74) is 5.10. The Hall–Kier alpha value is -3.85. The number of hydrogen-bond acceptors (Lipinski definition) is 5. The maximum atomic E-state index is 12.3. The largest absolute Gasteiger partial charge is 0.378 e. The van der Waals surface area contributed by atoms with Gasteiger partial charge in [0.25, 0.3) is 5.91 Å². The van der Waals surface area contributed by atoms with Crippen molar-refractivity contribution in [1.29, 1.82) is 0 Å². The second-order valence-electron chi connectivity index (χ2n) is 11.3. The van der Waals surface area contributed by atoms with Crippen molar-refractivity contribution in [2.75, 3.05) is 0 Å². The Morgan fingerprint density at radius 3 is 2.00 bits per heavy atom. The van der Waals surface area contributed by atoms with Crippen LogP contribution in [-0.2, 0) is 4.79 Å². The van der Waals surface area contributed by atoms with Crippen LogP contribution in [0.2, 0.25) is 10.0 Å². The van der Waals surface area contributed by atoms with E-state index in [0.717, 1.165) is 36.8 Å². The summed E-state index contributed by atoms with van der Waals surface area (Å²) in [6, 6.07) is 17.7. The molecule has 3 aromatic rings. The van der Waals surface area contributed by atoms with E-state index in [1.54, 1.807) is 42.6 Å². The second kappa shape index (κ2) is 15.2. The fourth-order valence-corrected chi connectivity index (χ4v) is 5.75. The lowest BCUT2D eigenvalue weighted by atomic mass is 9.78. The van der Waals surface area contributed by atoms with E-state index < -0.39 is 11.2 Å². The van der Waals surface area contributed by atoms with Crippen molar-refractivity contribution in [3.63, 3.8) is 0 Å². The molecule has 4 atom stereocenters. The average molecular weight is 633 g/mol. The Balaban J connectivity index is 0.000000209. The molecule has 9 heteroatoms. The van der Waals surface area contributed by atoms with Gasteiger partial charge in [0.2, 0.25) is 5.91 Å². The number of hydrogen-bond donors (Lipinski definition) is 4. The minimum absolute atomic E-state index is 0.111. The number of halogens is 2. The van der Waals surface area contributed by atoms with Gasteiger partial charge < -0.3 is 21.3 Å². The maximum absolute atomic E-state index is 12.3. The Morgan fingerprint density at radius 1 is 0.864 bits per heavy atom. The molecule has 2 aliphatic carbocycles. The number of nitrogens with two attached hydrogens (primary N) is 1. The molecule has 2 amide bonds. The van der Waals surface area contributed by atoms with E-state index in [4.69, 9.17) is 28.9 Å². The number of amides is 2. The third-order valence-electron chi connectivity index (χ3n) is 7.64. The number of aromatic nitrogens is 1. The van der Waals surface area contributed by atoms with Crippen LogP contribution in [0.15, 0.2) is 73.1 Å². The Labute approximate surface area is 268 Å². The van der Waals surface area contributed by atoms with Gasteiger partial charge in [0.1, 0.15) is 11.2 Å². The molecule has 0 bridgehead atoms. The van der Waals surface area contributed by atoms with Crippen LogP contribution in [0.3, 0.4) is 0 Å². The zero-order chi connectivity index (χ0) is 31.6. The van der Waals surface area contributed by atoms with Gasteiger partial charge in [-0.2, -0.15) is 0 Å². The van der Waals surface area contributed by atoms with Crippen molar-refractivity contribution in [1.82, 2.24) is 10.3 Å². The lowest BCUT2D eigenvalue weighted by molar-refractivity contribution is -0.125. The summed E-state index contributed by atoms with van der Waals surface area (Å²) in [5, 5.41) is 25.4. The first kappa shape index (κ1) is 33.1. The molecule has 0 aliphatic heterocycles. The molecule has 0 spiro atoms. The number of aliphatic hydroxyl groups is 2. The highest BCUT2D eigenvalue weighted by Crippen LogP contribution is 2.32. The molecule has 5 rings (SSSR count). The molecule has 0 radical (unpaired) electrons. The Morgan fingerprint density at radius 2 is 1.45 bits per heavy atom. The van der Waals surface area contributed by atoms with Gasteiger partial charge in [-0.25, -0.2) is 0 Å². The number of primary amides is 1. The third kappa shape index (κ3) is 10.1. The van der Waals surface area contributed by atoms with E-state index in [2.05, 4.69) is 34.0 Å². The standard InChI is InChI=1S/C20H19ClN2O2.C15H16ClNO2/c21-17-6-1-4-15(12-17)8-10-20(25)9-2-7-18(13-20)23-19(24)16-5-3-11-22-14-16;16-13-5-1-3-11(9-13)6-8-15(19)7-2-4-12(10-15)14(17)18/h1,3-6,11-12,14,18,25H,2,7,9,13H2,(H,23,24);1,3,5,9,12,19H,2,4,7,10H2,(H2,17,18)/t18-,20+;12-,15+/m01/s1. The predicted molar refractivity (Wildman–Crippen MR) is 172 cm³/mol. The molecule has 2 saturated carbocycles. The van der Waals surface area contributed by atoms with Gasteiger partial charge in [0, 0.05) is 51.9 Å². The lowest BCUT2D eigenvalue weighted by Crippen LogP contribution is -2.45. The summed E-state index contributed by atoms with van der Waals surface area (Å²) in [4.78, 5) is 27.4. The van der Waals surface area contributed by atoms with Crippen molar-refractivity contribution in [3.05, 3.63) is 99.8 Å². The van der Waals surface area contributed by atoms with Gasteiger partial charge in [0.05, 0.1) is 5.56 Å². The molecule has 1 heterocycles. The molecule has 5 N–H and O–H groups in total. The van der Waals surface area contributed by atoms with Crippen molar-refractivity contribution in [3.8, 4) is 23.7 Å². The topological polar surface area (TPSA) is 126 Å². The van der Waals surface area contributed by atoms with Crippen LogP contribution in [0, 0.1) is 29.6 Å². The first-order valence-electron chi connectivity index (χ1n) is 14.5. The summed E-state index contributed by atoms with van der Waals surface area (Å²) in [6.07, 6.45) is 8.17. The molecule has 0 unspecified atom stereocenters. The van der Waals surface area contributed by atoms with E-state index in [1.165, 1.54) is 6.20 Å². The van der Waals surface area contributed by atoms with E-state index in [1.807, 2.05) is 24.3 Å². The molecule has 2 fully saturated rings. The number of carbonyl (C=O) groups excluding carboxylic acids is 2. The van der Waals surface area contributed by atoms with Crippen LogP contribution in [0.4, 0.5) is 0 Å². The van der Waals surface area contributed by atoms with E-state index in [9.17, 15) is 19.8 Å². The Bertz CT molecular complexity index is 1590. The highest BCUT2D eigenvalue weighted by atomic mass is 35.5. The van der Waals surface area contributed by atoms with Crippen LogP contribution in [-0.4, -0.2) is 44.3 Å². The van der Waals surface area contributed by atoms with Crippen LogP contribution in [0.25, 0.3) is 0 Å². The number of pyridine rings is 1. The zero-order valence-corrected chi connectivity index (χ0v) is 25.7. The third-order valence-corrected chi connectivity index (χ3v) is 8.11. The highest BCUT2D eigenvalue weighted by Gasteiger charge is 2.35. The van der Waals surface area contributed by atoms with Gasteiger partial charge in [-0.05, 0) is 93.5 Å². The molecular weight excluding hydrogens is 597 g/mol. The van der Waals surface area contributed by atoms with Crippen molar-refractivity contribution in [2.45, 2.75) is 68.6 Å². The summed E-state index contributed by atoms with van der Waals surface area (Å²) in [6.45, 7) is 0. The first-order chi connectivity index (χ1) is 21.0. The summed E-state index contributed by atoms with van der Waals surface area (Å²) in [7, 11) is 0. The summed E-state index contributed by atoms with van der Waals surface area (Å²) < 4.78 is 0. The molecule has 7 nitrogen and oxygen atoms in total. The highest BCUT2D eigenvalue weighted by molar-refractivity contribution is 6.31. The van der Waals surface area contributed by atoms with Crippen molar-refractivity contribution in [2.24, 2.45) is 11.7 Å². The van der Waals surface area contributed by atoms with Crippen LogP contribution >= 0.6 is 23.2 Å². The lowest BCUT2D eigenvalue weighted by Gasteiger charge is -2.33. The first-order valence-corrected chi connectivity index (χ1v) is 15.3. The van der Waals surface area contributed by atoms with Crippen LogP contribution in [0.5, 0.6) is 0 Å². The minimum Gasteiger partial charge on any atom is -0.378 e. The fraction of sp³-hybridized carbons (Fsp3) is 0.343. The second-order valence-corrected chi connectivity index (χ2v) is 12.2. The van der Waals surface area contributed by atoms with Crippen molar-refractivity contribution < 1.29 is 19.8 Å². The normalized spacial score (nSPS) is 24.2. The minimum atomic E-state index is -1.12. The number of carbonyl (C=O) groups is 2. The van der Waals surface area contributed by atoms with Gasteiger partial charge in [0.15, 0.2) is 0 Å². The van der Waals surface area contributed by atoms with E-state index >= 15 is 0 Å². The van der Waals surface area contributed by atoms with Crippen molar-refractivity contribution >= 4 is 35.0 Å². The van der Waals surface area contributed by atoms with E-state index in [-0.39, 0.29) is 23.8 Å². The summed E-state index contributed by atoms with van der Waals surface area (Å²) >= 11 is 11.8. The van der Waals surface area contributed by atoms with Crippen LogP contribution in [0.1, 0.15) is 72.9 Å². The quantitative estimate of drug-likeness (QED) is 0.292. The molecule has 228 valence electrons. The number of benzene rings is 2. The zero-order valence-electron chi connectivity index (χ0n) is 24.2. The SMILES string of the molecule is NC(=O)[C@@H]1CCC[C@](O)(C#Cc2cccc(Cl)c2)C1.O=C(N[C@H]1CCC[C@@](O)(C#Cc2cccc(Cl)c2)C1)c1cccnc1. The smallest absolute Gasteiger partial charge is 0.253 e. The number of nitrogens with one attached hydrogen (secondary N) is 1. The molecule has 2 aliphatic rings. The molecule has 1 aromatic heterocycles. The molecular formula is C35H35Cl2N3O4. The molecule has 44 heavy (non-hydrogen) atoms. The monoisotopic (exact) mass is 631 g/mol. The van der Waals surface area contributed by atoms with E-state index in [0.29, 0.717) is 41.3 Å². The number of rotatable bonds is 3. The number of nitrogens with zero attached hydrogens (tertiary/aromatic N) is 1. The average Bonchev–Trinajstić information content (AvgIpc) is 3.00. The van der Waals surface area contributed by atoms with Gasteiger partial charge >= 0.3 is 0 Å². The summed E-state index contributed by atoms with van der Waals surface area (Å²) in [5.74, 6) is 10.9. The van der Waals surface area contributed by atoms with Crippen LogP contribution < -0.4 is 11.1 Å².